The van der Waals surface area contributed by atoms with E-state index in [1.807, 2.05) is 19.9 Å². The summed E-state index contributed by atoms with van der Waals surface area (Å²) in [6, 6.07) is 6.01. The number of benzene rings is 1. The van der Waals surface area contributed by atoms with E-state index in [2.05, 4.69) is 35.0 Å². The second kappa shape index (κ2) is 5.33. The Hall–Kier alpha value is -0.350. The van der Waals surface area contributed by atoms with Crippen LogP contribution in [0, 0.1) is 20.8 Å². The lowest BCUT2D eigenvalue weighted by atomic mass is 9.95. The Morgan fingerprint density at radius 2 is 1.72 bits per heavy atom. The minimum Gasteiger partial charge on any atom is -0.383 e. The topological polar surface area (TPSA) is 20.2 Å². The smallest absolute Gasteiger partial charge is 0.114 e. The van der Waals surface area contributed by atoms with Crippen molar-refractivity contribution < 1.29 is 5.11 Å². The second-order valence-corrected chi connectivity index (χ2v) is 7.29. The van der Waals surface area contributed by atoms with Gasteiger partial charge in [-0.15, -0.1) is 11.3 Å². The number of hydrogen-bond acceptors (Lipinski definition) is 2. The van der Waals surface area contributed by atoms with Crippen molar-refractivity contribution in [2.75, 3.05) is 0 Å². The quantitative estimate of drug-likeness (QED) is 0.796. The molecule has 0 aliphatic carbocycles. The minimum absolute atomic E-state index is 0.612. The zero-order valence-electron chi connectivity index (χ0n) is 10.4. The maximum absolute atomic E-state index is 10.5. The summed E-state index contributed by atoms with van der Waals surface area (Å²) in [4.78, 5) is 0.863. The van der Waals surface area contributed by atoms with Crippen molar-refractivity contribution in [3.63, 3.8) is 0 Å². The van der Waals surface area contributed by atoms with E-state index in [-0.39, 0.29) is 0 Å². The van der Waals surface area contributed by atoms with E-state index in [4.69, 9.17) is 11.6 Å². The van der Waals surface area contributed by atoms with E-state index < -0.39 is 6.10 Å². The third-order valence-electron chi connectivity index (χ3n) is 2.95. The average molecular weight is 346 g/mol. The maximum atomic E-state index is 10.5. The molecule has 2 rings (SSSR count). The number of hydrogen-bond donors (Lipinski definition) is 1. The molecule has 0 bridgehead atoms. The molecule has 1 atom stereocenters. The minimum atomic E-state index is -0.612. The molecule has 1 aromatic heterocycles. The van der Waals surface area contributed by atoms with Crippen LogP contribution in [0.15, 0.2) is 22.0 Å². The first-order chi connectivity index (χ1) is 8.40. The molecule has 0 amide bonds. The van der Waals surface area contributed by atoms with Gasteiger partial charge in [-0.3, -0.25) is 0 Å². The maximum Gasteiger partial charge on any atom is 0.114 e. The Kier molecular flexibility index (Phi) is 4.17. The molecule has 0 radical (unpaired) electrons. The van der Waals surface area contributed by atoms with Crippen LogP contribution in [0.4, 0.5) is 0 Å². The highest BCUT2D eigenvalue weighted by Crippen LogP contribution is 2.38. The highest BCUT2D eigenvalue weighted by molar-refractivity contribution is 9.11. The second-order valence-electron chi connectivity index (χ2n) is 4.49. The number of halogens is 2. The van der Waals surface area contributed by atoms with Crippen molar-refractivity contribution in [3.8, 4) is 0 Å². The molecule has 1 N–H and O–H groups in total. The van der Waals surface area contributed by atoms with E-state index in [0.717, 1.165) is 25.4 Å². The largest absolute Gasteiger partial charge is 0.383 e. The van der Waals surface area contributed by atoms with Gasteiger partial charge in [0.1, 0.15) is 6.10 Å². The predicted octanol–water partition coefficient (Wildman–Crippen LogP) is 5.17. The third kappa shape index (κ3) is 2.64. The highest BCUT2D eigenvalue weighted by Gasteiger charge is 2.19. The molecule has 4 heteroatoms. The molecule has 0 aliphatic rings. The molecule has 0 saturated heterocycles. The first-order valence-corrected chi connectivity index (χ1v) is 7.59. The van der Waals surface area contributed by atoms with Crippen molar-refractivity contribution in [3.05, 3.63) is 54.1 Å². The van der Waals surface area contributed by atoms with Crippen LogP contribution in [0.25, 0.3) is 0 Å². The Morgan fingerprint density at radius 3 is 2.17 bits per heavy atom. The van der Waals surface area contributed by atoms with Crippen molar-refractivity contribution in [1.82, 2.24) is 0 Å². The fourth-order valence-electron chi connectivity index (χ4n) is 2.26. The van der Waals surface area contributed by atoms with Crippen LogP contribution in [0.3, 0.4) is 0 Å². The molecule has 0 fully saturated rings. The van der Waals surface area contributed by atoms with Crippen molar-refractivity contribution >= 4 is 38.9 Å². The van der Waals surface area contributed by atoms with Crippen LogP contribution in [0.2, 0.25) is 5.02 Å². The van der Waals surface area contributed by atoms with Crippen LogP contribution in [-0.4, -0.2) is 5.11 Å². The Labute approximate surface area is 125 Å². The lowest BCUT2D eigenvalue weighted by molar-refractivity contribution is 0.222. The molecule has 0 spiro atoms. The Balaban J connectivity index is 2.49. The lowest BCUT2D eigenvalue weighted by Gasteiger charge is -2.16. The fraction of sp³-hybridized carbons (Fsp3) is 0.286. The van der Waals surface area contributed by atoms with Gasteiger partial charge in [0.25, 0.3) is 0 Å². The number of aryl methyl sites for hydroxylation is 3. The molecule has 1 unspecified atom stereocenters. The van der Waals surface area contributed by atoms with Crippen LogP contribution in [-0.2, 0) is 0 Å². The summed E-state index contributed by atoms with van der Waals surface area (Å²) in [5.74, 6) is 0. The average Bonchev–Trinajstić information content (AvgIpc) is 2.57. The molecule has 1 aromatic carbocycles. The first kappa shape index (κ1) is 14.1. The zero-order chi connectivity index (χ0) is 13.4. The van der Waals surface area contributed by atoms with Gasteiger partial charge in [0.2, 0.25) is 0 Å². The van der Waals surface area contributed by atoms with Gasteiger partial charge < -0.3 is 5.11 Å². The summed E-state index contributed by atoms with van der Waals surface area (Å²) in [6.45, 7) is 6.13. The molecule has 1 heterocycles. The van der Waals surface area contributed by atoms with Gasteiger partial charge in [0, 0.05) is 4.88 Å². The molecule has 0 aliphatic heterocycles. The first-order valence-electron chi connectivity index (χ1n) is 5.60. The normalized spacial score (nSPS) is 12.8. The van der Waals surface area contributed by atoms with Gasteiger partial charge >= 0.3 is 0 Å². The molecule has 2 aromatic rings. The molecule has 1 nitrogen and oxygen atoms in total. The monoisotopic (exact) mass is 344 g/mol. The standard InChI is InChI=1S/C14H14BrClOS/c1-7-4-8(2)12(9(3)5-7)13(17)11-6-10(16)14(15)18-11/h4-6,13,17H,1-3H3. The van der Waals surface area contributed by atoms with Gasteiger partial charge in [-0.25, -0.2) is 0 Å². The SMILES string of the molecule is Cc1cc(C)c(C(O)c2cc(Cl)c(Br)s2)c(C)c1. The number of aliphatic hydroxyl groups excluding tert-OH is 1. The van der Waals surface area contributed by atoms with E-state index in [0.29, 0.717) is 5.02 Å². The lowest BCUT2D eigenvalue weighted by Crippen LogP contribution is -2.03. The van der Waals surface area contributed by atoms with Crippen LogP contribution in [0.5, 0.6) is 0 Å². The zero-order valence-corrected chi connectivity index (χ0v) is 13.6. The molecular formula is C14H14BrClOS. The molecule has 0 saturated carbocycles. The molecular weight excluding hydrogens is 332 g/mol. The number of aliphatic hydroxyl groups is 1. The van der Waals surface area contributed by atoms with E-state index in [1.54, 1.807) is 0 Å². The summed E-state index contributed by atoms with van der Waals surface area (Å²) in [5.41, 5.74) is 4.42. The number of rotatable bonds is 2. The Morgan fingerprint density at radius 1 is 1.17 bits per heavy atom. The van der Waals surface area contributed by atoms with E-state index in [1.165, 1.54) is 16.9 Å². The number of thiophene rings is 1. The van der Waals surface area contributed by atoms with Crippen LogP contribution < -0.4 is 0 Å². The van der Waals surface area contributed by atoms with Crippen molar-refractivity contribution in [1.29, 1.82) is 0 Å². The van der Waals surface area contributed by atoms with Gasteiger partial charge in [0.05, 0.1) is 8.81 Å². The van der Waals surface area contributed by atoms with Gasteiger partial charge in [-0.2, -0.15) is 0 Å². The summed E-state index contributed by atoms with van der Waals surface area (Å²) < 4.78 is 0.862. The highest BCUT2D eigenvalue weighted by atomic mass is 79.9. The predicted molar refractivity (Wildman–Crippen MR) is 81.7 cm³/mol. The van der Waals surface area contributed by atoms with Gasteiger partial charge in [-0.1, -0.05) is 29.3 Å². The summed E-state index contributed by atoms with van der Waals surface area (Å²) >= 11 is 10.9. The molecule has 96 valence electrons. The van der Waals surface area contributed by atoms with Crippen molar-refractivity contribution in [2.24, 2.45) is 0 Å². The Bertz CT molecular complexity index is 549. The van der Waals surface area contributed by atoms with Gasteiger partial charge in [0.15, 0.2) is 0 Å². The van der Waals surface area contributed by atoms with Crippen LogP contribution >= 0.6 is 38.9 Å². The van der Waals surface area contributed by atoms with Gasteiger partial charge in [-0.05, 0) is 59.5 Å². The van der Waals surface area contributed by atoms with E-state index >= 15 is 0 Å². The summed E-state index contributed by atoms with van der Waals surface area (Å²) in [5, 5.41) is 11.2. The fourth-order valence-corrected chi connectivity index (χ4v) is 4.01. The summed E-state index contributed by atoms with van der Waals surface area (Å²) in [7, 11) is 0. The van der Waals surface area contributed by atoms with Crippen molar-refractivity contribution in [2.45, 2.75) is 26.9 Å². The van der Waals surface area contributed by atoms with E-state index in [9.17, 15) is 5.11 Å². The third-order valence-corrected chi connectivity index (χ3v) is 5.47. The molecule has 18 heavy (non-hydrogen) atoms. The van der Waals surface area contributed by atoms with Crippen LogP contribution in [0.1, 0.15) is 33.2 Å². The summed E-state index contributed by atoms with van der Waals surface area (Å²) in [6.07, 6.45) is -0.612.